The minimum atomic E-state index is -0.0202. The summed E-state index contributed by atoms with van der Waals surface area (Å²) in [6.07, 6.45) is 15.1. The van der Waals surface area contributed by atoms with Crippen LogP contribution in [0.4, 0.5) is 0 Å². The van der Waals surface area contributed by atoms with Gasteiger partial charge < -0.3 is 7.43 Å². The summed E-state index contributed by atoms with van der Waals surface area (Å²) in [6.45, 7) is 34.3. The number of fused-ring (bicyclic) bond motifs is 5. The van der Waals surface area contributed by atoms with Crippen molar-refractivity contribution in [2.24, 2.45) is 22.2 Å². The van der Waals surface area contributed by atoms with Crippen molar-refractivity contribution in [2.45, 2.75) is 121 Å². The van der Waals surface area contributed by atoms with Crippen LogP contribution in [0.3, 0.4) is 0 Å². The minimum absolute atomic E-state index is 0. The molecule has 3 heteroatoms. The van der Waals surface area contributed by atoms with Gasteiger partial charge in [0.15, 0.2) is 0 Å². The molecule has 0 saturated heterocycles. The van der Waals surface area contributed by atoms with Crippen molar-refractivity contribution in [2.75, 3.05) is 0 Å². The SMILES string of the molecule is CC(C)(C)C1=[C-]C(C)(C)c2cc3c(cc21)-c1cc2c(cc1C3)C(C)(C)C=C2C(C)(C)C.CC1[C-]=CC(C(C)(C)C)=C1.Cc1cc[c-]cc1.Cl.Cl.[CH2]=[Zr].[CH3-]. The van der Waals surface area contributed by atoms with Crippen molar-refractivity contribution in [3.63, 3.8) is 0 Å². The Hall–Kier alpha value is -2.05. The molecule has 0 amide bonds. The molecule has 7 rings (SSSR count). The van der Waals surface area contributed by atoms with Gasteiger partial charge in [-0.25, -0.2) is 11.6 Å². The van der Waals surface area contributed by atoms with Crippen LogP contribution in [0, 0.1) is 54.7 Å². The molecule has 288 valence electrons. The third kappa shape index (κ3) is 10.8. The number of hydrogen-bond acceptors (Lipinski definition) is 0. The van der Waals surface area contributed by atoms with E-state index < -0.39 is 0 Å². The van der Waals surface area contributed by atoms with Gasteiger partial charge in [0.1, 0.15) is 0 Å². The van der Waals surface area contributed by atoms with E-state index >= 15 is 0 Å². The number of rotatable bonds is 0. The summed E-state index contributed by atoms with van der Waals surface area (Å²) in [4.78, 5) is 0. The molecule has 0 aliphatic heterocycles. The zero-order valence-electron chi connectivity index (χ0n) is 35.7. The fourth-order valence-corrected chi connectivity index (χ4v) is 7.47. The summed E-state index contributed by atoms with van der Waals surface area (Å²) in [7, 11) is 0. The molecular weight excluding hydrogens is 763 g/mol. The summed E-state index contributed by atoms with van der Waals surface area (Å²) < 4.78 is 3.34. The molecule has 0 heterocycles. The second-order valence-corrected chi connectivity index (χ2v) is 18.7. The van der Waals surface area contributed by atoms with Crippen LogP contribution in [0.25, 0.3) is 22.3 Å². The maximum atomic E-state index is 3.85. The molecule has 0 nitrogen and oxygen atoms in total. The molecule has 0 N–H and O–H groups in total. The van der Waals surface area contributed by atoms with Gasteiger partial charge in [0.25, 0.3) is 0 Å². The monoisotopic (exact) mass is 826 g/mol. The van der Waals surface area contributed by atoms with E-state index in [9.17, 15) is 0 Å². The molecular formula is C50H66Cl2Zr-4. The van der Waals surface area contributed by atoms with Crippen molar-refractivity contribution in [1.29, 1.82) is 0 Å². The molecule has 0 fully saturated rings. The van der Waals surface area contributed by atoms with Crippen LogP contribution in [0.5, 0.6) is 0 Å². The Morgan fingerprint density at radius 2 is 1.23 bits per heavy atom. The van der Waals surface area contributed by atoms with Gasteiger partial charge in [-0.2, -0.15) is 53.1 Å². The van der Waals surface area contributed by atoms with E-state index in [0.717, 1.165) is 6.42 Å². The Morgan fingerprint density at radius 1 is 0.717 bits per heavy atom. The van der Waals surface area contributed by atoms with Gasteiger partial charge in [-0.05, 0) is 62.3 Å². The predicted molar refractivity (Wildman–Crippen MR) is 237 cm³/mol. The van der Waals surface area contributed by atoms with Crippen molar-refractivity contribution >= 4 is 40.2 Å². The molecule has 0 bridgehead atoms. The fraction of sp³-hybridized carbons (Fsp3) is 0.440. The molecule has 4 aliphatic carbocycles. The predicted octanol–water partition coefficient (Wildman–Crippen LogP) is 14.5. The number of benzene rings is 3. The summed E-state index contributed by atoms with van der Waals surface area (Å²) in [5.41, 5.74) is 17.9. The number of hydrogen-bond donors (Lipinski definition) is 0. The number of allylic oxidation sites excluding steroid dienone is 8. The van der Waals surface area contributed by atoms with Crippen molar-refractivity contribution in [3.05, 3.63) is 137 Å². The van der Waals surface area contributed by atoms with E-state index in [0.29, 0.717) is 11.3 Å². The first-order valence-electron chi connectivity index (χ1n) is 18.3. The maximum absolute atomic E-state index is 3.85. The molecule has 1 unspecified atom stereocenters. The van der Waals surface area contributed by atoms with Crippen LogP contribution in [0.2, 0.25) is 0 Å². The topological polar surface area (TPSA) is 0 Å². The number of halogens is 2. The Kier molecular flexibility index (Phi) is 16.5. The van der Waals surface area contributed by atoms with Gasteiger partial charge in [0.05, 0.1) is 0 Å². The molecule has 53 heavy (non-hydrogen) atoms. The van der Waals surface area contributed by atoms with Crippen molar-refractivity contribution in [3.8, 4) is 11.1 Å². The summed E-state index contributed by atoms with van der Waals surface area (Å²) in [5.74, 6) is 0.522. The van der Waals surface area contributed by atoms with Gasteiger partial charge in [-0.15, -0.1) is 36.4 Å². The van der Waals surface area contributed by atoms with E-state index in [1.807, 2.05) is 24.3 Å². The Balaban J connectivity index is 0.000000529. The van der Waals surface area contributed by atoms with E-state index in [1.54, 1.807) is 0 Å². The Bertz CT molecular complexity index is 1760. The van der Waals surface area contributed by atoms with Crippen LogP contribution in [0.1, 0.15) is 136 Å². The molecule has 0 aromatic heterocycles. The van der Waals surface area contributed by atoms with Gasteiger partial charge in [-0.3, -0.25) is 12.2 Å². The van der Waals surface area contributed by atoms with Gasteiger partial charge in [0.2, 0.25) is 0 Å². The first-order valence-corrected chi connectivity index (χ1v) is 20.1. The first kappa shape index (κ1) is 49.0. The third-order valence-corrected chi connectivity index (χ3v) is 10.3. The molecule has 3 aromatic carbocycles. The molecule has 3 aromatic rings. The minimum Gasteiger partial charge on any atom is -0.358 e. The maximum Gasteiger partial charge on any atom is -0.358 e. The zero-order chi connectivity index (χ0) is 37.6. The molecule has 4 aliphatic rings. The first-order chi connectivity index (χ1) is 23.0. The van der Waals surface area contributed by atoms with Crippen LogP contribution >= 0.6 is 24.8 Å². The average Bonchev–Trinajstić information content (AvgIpc) is 3.74. The second kappa shape index (κ2) is 17.8. The fourth-order valence-electron chi connectivity index (χ4n) is 7.47. The second-order valence-electron chi connectivity index (χ2n) is 18.7. The quantitative estimate of drug-likeness (QED) is 0.155. The van der Waals surface area contributed by atoms with Gasteiger partial charge in [0, 0.05) is 5.41 Å². The molecule has 0 saturated carbocycles. The van der Waals surface area contributed by atoms with E-state index in [4.69, 9.17) is 0 Å². The zero-order valence-corrected chi connectivity index (χ0v) is 39.7. The van der Waals surface area contributed by atoms with Crippen LogP contribution < -0.4 is 0 Å². The van der Waals surface area contributed by atoms with E-state index in [-0.39, 0.29) is 53.9 Å². The number of aryl methyl sites for hydroxylation is 1. The van der Waals surface area contributed by atoms with Gasteiger partial charge >= 0.3 is 28.4 Å². The van der Waals surface area contributed by atoms with Crippen molar-refractivity contribution < 1.29 is 24.2 Å². The van der Waals surface area contributed by atoms with Crippen LogP contribution in [0.15, 0.2) is 72.3 Å². The summed E-state index contributed by atoms with van der Waals surface area (Å²) >= 11 is 1.30. The molecule has 1 atom stereocenters. The molecule has 0 spiro atoms. The van der Waals surface area contributed by atoms with Crippen LogP contribution in [-0.2, 0) is 41.5 Å². The third-order valence-electron chi connectivity index (χ3n) is 10.3. The molecule has 0 radical (unpaired) electrons. The van der Waals surface area contributed by atoms with Crippen molar-refractivity contribution in [1.82, 2.24) is 0 Å². The summed E-state index contributed by atoms with van der Waals surface area (Å²) in [5, 5.41) is 0. The Morgan fingerprint density at radius 3 is 1.62 bits per heavy atom. The summed E-state index contributed by atoms with van der Waals surface area (Å²) in [6, 6.07) is 20.8. The largest absolute Gasteiger partial charge is 0.358 e. The van der Waals surface area contributed by atoms with E-state index in [2.05, 4.69) is 169 Å². The standard InChI is InChI=1S/C31H37.C10H15.C7H7.CH3.CH2.2ClH.Zr/c1-28(2,3)26-16-30(7,8)24-12-18-11-19-13-25-23(15-21(19)20(18)14-22(24)26)27(29(4,5)6)17-31(25,9)10;1-8-5-6-9(7-8)10(2,3)4;1-7-5-3-2-4-6-7;;;;;/h12-16H,11H2,1-10H3;6-8H,1-4H3;3-6H,1H3;1H3;1H2;2*1H;/q4*-1;;;;. The van der Waals surface area contributed by atoms with Crippen LogP contribution in [-0.4, -0.2) is 4.21 Å². The smallest absolute Gasteiger partial charge is 0.358 e. The van der Waals surface area contributed by atoms with Gasteiger partial charge in [-0.1, -0.05) is 139 Å². The average molecular weight is 829 g/mol. The van der Waals surface area contributed by atoms with E-state index in [1.165, 1.54) is 91.0 Å². The normalized spacial score (nSPS) is 17.7. The Labute approximate surface area is 353 Å².